The minimum atomic E-state index is -0.802. The van der Waals surface area contributed by atoms with Crippen LogP contribution in [0.25, 0.3) is 10.9 Å². The smallest absolute Gasteiger partial charge is 0.338 e. The van der Waals surface area contributed by atoms with Crippen molar-refractivity contribution >= 4 is 22.8 Å². The van der Waals surface area contributed by atoms with Gasteiger partial charge in [-0.25, -0.2) is 4.79 Å². The summed E-state index contributed by atoms with van der Waals surface area (Å²) in [5, 5.41) is 3.71. The third-order valence-corrected chi connectivity index (χ3v) is 3.75. The Hall–Kier alpha value is -2.30. The van der Waals surface area contributed by atoms with E-state index in [1.54, 1.807) is 19.1 Å². The van der Waals surface area contributed by atoms with Gasteiger partial charge < -0.3 is 15.0 Å². The number of H-pyrrole nitrogens is 1. The highest BCUT2D eigenvalue weighted by Gasteiger charge is 2.19. The molecular formula is C17H22N2O3. The number of ether oxygens (including phenoxy) is 1. The number of hydrogen-bond donors (Lipinski definition) is 2. The summed E-state index contributed by atoms with van der Waals surface area (Å²) in [5.41, 5.74) is 3.62. The summed E-state index contributed by atoms with van der Waals surface area (Å²) >= 11 is 0. The van der Waals surface area contributed by atoms with Gasteiger partial charge in [0.15, 0.2) is 6.10 Å². The van der Waals surface area contributed by atoms with E-state index in [1.807, 2.05) is 26.8 Å². The zero-order valence-corrected chi connectivity index (χ0v) is 13.4. The number of nitrogens with one attached hydrogen (secondary N) is 2. The van der Waals surface area contributed by atoms with Crippen LogP contribution in [-0.4, -0.2) is 29.5 Å². The Labute approximate surface area is 130 Å². The standard InChI is InChI=1S/C17H22N2O3/c1-5-8-18-16(20)12(4)22-17(21)13-6-7-15-14(9-13)10(2)11(3)19-15/h6-7,9,12,19H,5,8H2,1-4H3,(H,18,20). The van der Waals surface area contributed by atoms with Crippen molar-refractivity contribution in [1.29, 1.82) is 0 Å². The van der Waals surface area contributed by atoms with E-state index in [0.717, 1.165) is 28.6 Å². The Morgan fingerprint density at radius 2 is 2.05 bits per heavy atom. The van der Waals surface area contributed by atoms with Crippen LogP contribution in [0.1, 0.15) is 41.9 Å². The normalized spacial score (nSPS) is 12.2. The molecule has 0 aliphatic rings. The second-order valence-electron chi connectivity index (χ2n) is 5.47. The number of esters is 1. The number of rotatable bonds is 5. The average Bonchev–Trinajstić information content (AvgIpc) is 2.79. The monoisotopic (exact) mass is 302 g/mol. The van der Waals surface area contributed by atoms with E-state index < -0.39 is 12.1 Å². The quantitative estimate of drug-likeness (QED) is 0.834. The van der Waals surface area contributed by atoms with Gasteiger partial charge in [-0.2, -0.15) is 0 Å². The Balaban J connectivity index is 2.12. The number of carbonyl (C=O) groups excluding carboxylic acids is 2. The predicted octanol–water partition coefficient (Wildman–Crippen LogP) is 2.86. The fraction of sp³-hybridized carbons (Fsp3) is 0.412. The van der Waals surface area contributed by atoms with E-state index in [9.17, 15) is 9.59 Å². The zero-order valence-electron chi connectivity index (χ0n) is 13.4. The molecule has 1 unspecified atom stereocenters. The van der Waals surface area contributed by atoms with Crippen LogP contribution >= 0.6 is 0 Å². The number of aromatic amines is 1. The molecule has 0 radical (unpaired) electrons. The molecule has 0 spiro atoms. The van der Waals surface area contributed by atoms with Crippen LogP contribution in [0, 0.1) is 13.8 Å². The molecule has 0 aliphatic heterocycles. The van der Waals surface area contributed by atoms with Crippen molar-refractivity contribution in [3.63, 3.8) is 0 Å². The highest BCUT2D eigenvalue weighted by Crippen LogP contribution is 2.22. The predicted molar refractivity (Wildman–Crippen MR) is 86.0 cm³/mol. The number of benzene rings is 1. The highest BCUT2D eigenvalue weighted by molar-refractivity contribution is 5.97. The fourth-order valence-electron chi connectivity index (χ4n) is 2.26. The van der Waals surface area contributed by atoms with Crippen molar-refractivity contribution in [3.8, 4) is 0 Å². The van der Waals surface area contributed by atoms with Gasteiger partial charge in [0.2, 0.25) is 0 Å². The minimum Gasteiger partial charge on any atom is -0.449 e. The molecule has 1 aromatic carbocycles. The Morgan fingerprint density at radius 1 is 1.32 bits per heavy atom. The molecule has 5 nitrogen and oxygen atoms in total. The van der Waals surface area contributed by atoms with Gasteiger partial charge >= 0.3 is 5.97 Å². The van der Waals surface area contributed by atoms with Crippen LogP contribution in [0.4, 0.5) is 0 Å². The molecule has 1 amide bonds. The van der Waals surface area contributed by atoms with Crippen molar-refractivity contribution < 1.29 is 14.3 Å². The number of amides is 1. The van der Waals surface area contributed by atoms with Gasteiger partial charge in [-0.05, 0) is 51.0 Å². The molecule has 118 valence electrons. The number of aromatic nitrogens is 1. The summed E-state index contributed by atoms with van der Waals surface area (Å²) in [6.45, 7) is 8.12. The first kappa shape index (κ1) is 16.1. The van der Waals surface area contributed by atoms with Crippen molar-refractivity contribution in [2.24, 2.45) is 0 Å². The van der Waals surface area contributed by atoms with Crippen LogP contribution in [-0.2, 0) is 9.53 Å². The first-order chi connectivity index (χ1) is 10.4. The third-order valence-electron chi connectivity index (χ3n) is 3.75. The summed E-state index contributed by atoms with van der Waals surface area (Å²) in [7, 11) is 0. The molecule has 2 rings (SSSR count). The maximum Gasteiger partial charge on any atom is 0.338 e. The zero-order chi connectivity index (χ0) is 16.3. The van der Waals surface area contributed by atoms with Gasteiger partial charge in [-0.15, -0.1) is 0 Å². The van der Waals surface area contributed by atoms with Crippen molar-refractivity contribution in [2.45, 2.75) is 40.2 Å². The Kier molecular flexibility index (Phi) is 4.85. The van der Waals surface area contributed by atoms with Crippen molar-refractivity contribution in [2.75, 3.05) is 6.54 Å². The van der Waals surface area contributed by atoms with Crippen molar-refractivity contribution in [1.82, 2.24) is 10.3 Å². The number of carbonyl (C=O) groups is 2. The third kappa shape index (κ3) is 3.30. The Bertz CT molecular complexity index is 703. The molecule has 22 heavy (non-hydrogen) atoms. The summed E-state index contributed by atoms with van der Waals surface area (Å²) < 4.78 is 5.23. The van der Waals surface area contributed by atoms with E-state index in [-0.39, 0.29) is 5.91 Å². The van der Waals surface area contributed by atoms with Crippen LogP contribution in [0.15, 0.2) is 18.2 Å². The highest BCUT2D eigenvalue weighted by atomic mass is 16.5. The molecule has 2 N–H and O–H groups in total. The number of aryl methyl sites for hydroxylation is 2. The SMILES string of the molecule is CCCNC(=O)C(C)OC(=O)c1ccc2[nH]c(C)c(C)c2c1. The molecule has 1 heterocycles. The second-order valence-corrected chi connectivity index (χ2v) is 5.47. The lowest BCUT2D eigenvalue weighted by molar-refractivity contribution is -0.129. The largest absolute Gasteiger partial charge is 0.449 e. The molecule has 0 aliphatic carbocycles. The second kappa shape index (κ2) is 6.64. The van der Waals surface area contributed by atoms with Crippen LogP contribution < -0.4 is 5.32 Å². The molecule has 0 fully saturated rings. The van der Waals surface area contributed by atoms with Gasteiger partial charge in [0.1, 0.15) is 0 Å². The van der Waals surface area contributed by atoms with Crippen molar-refractivity contribution in [3.05, 3.63) is 35.0 Å². The van der Waals surface area contributed by atoms with E-state index >= 15 is 0 Å². The lowest BCUT2D eigenvalue weighted by Crippen LogP contribution is -2.36. The maximum atomic E-state index is 12.2. The van der Waals surface area contributed by atoms with Gasteiger partial charge in [0.05, 0.1) is 5.56 Å². The molecule has 5 heteroatoms. The molecule has 1 aromatic heterocycles. The van der Waals surface area contributed by atoms with E-state index in [2.05, 4.69) is 10.3 Å². The van der Waals surface area contributed by atoms with Crippen LogP contribution in [0.2, 0.25) is 0 Å². The fourth-order valence-corrected chi connectivity index (χ4v) is 2.26. The summed E-state index contributed by atoms with van der Waals surface area (Å²) in [6.07, 6.45) is 0.0404. The number of fused-ring (bicyclic) bond motifs is 1. The molecular weight excluding hydrogens is 280 g/mol. The molecule has 0 bridgehead atoms. The van der Waals surface area contributed by atoms with Gasteiger partial charge in [-0.3, -0.25) is 4.79 Å². The number of hydrogen-bond acceptors (Lipinski definition) is 3. The van der Waals surface area contributed by atoms with E-state index in [0.29, 0.717) is 12.1 Å². The first-order valence-electron chi connectivity index (χ1n) is 7.51. The Morgan fingerprint density at radius 3 is 2.73 bits per heavy atom. The summed E-state index contributed by atoms with van der Waals surface area (Å²) in [4.78, 5) is 27.2. The lowest BCUT2D eigenvalue weighted by Gasteiger charge is -2.13. The van der Waals surface area contributed by atoms with Gasteiger partial charge in [0, 0.05) is 23.1 Å². The molecule has 1 atom stereocenters. The topological polar surface area (TPSA) is 71.2 Å². The average molecular weight is 302 g/mol. The summed E-state index contributed by atoms with van der Waals surface area (Å²) in [5.74, 6) is -0.760. The van der Waals surface area contributed by atoms with E-state index in [1.165, 1.54) is 0 Å². The first-order valence-corrected chi connectivity index (χ1v) is 7.51. The molecule has 0 saturated heterocycles. The molecule has 0 saturated carbocycles. The maximum absolute atomic E-state index is 12.2. The van der Waals surface area contributed by atoms with Gasteiger partial charge in [-0.1, -0.05) is 6.92 Å². The van der Waals surface area contributed by atoms with E-state index in [4.69, 9.17) is 4.74 Å². The van der Waals surface area contributed by atoms with Crippen LogP contribution in [0.3, 0.4) is 0 Å². The van der Waals surface area contributed by atoms with Crippen LogP contribution in [0.5, 0.6) is 0 Å². The lowest BCUT2D eigenvalue weighted by atomic mass is 10.1. The van der Waals surface area contributed by atoms with Gasteiger partial charge in [0.25, 0.3) is 5.91 Å². The molecule has 2 aromatic rings. The summed E-state index contributed by atoms with van der Waals surface area (Å²) in [6, 6.07) is 5.36. The minimum absolute atomic E-state index is 0.273.